The molecule has 0 spiro atoms. The Kier molecular flexibility index (Phi) is 7.11. The van der Waals surface area contributed by atoms with Crippen molar-refractivity contribution in [1.82, 2.24) is 19.9 Å². The summed E-state index contributed by atoms with van der Waals surface area (Å²) in [5, 5.41) is 8.71. The Hall–Kier alpha value is -3.26. The fourth-order valence-electron chi connectivity index (χ4n) is 3.95. The van der Waals surface area contributed by atoms with E-state index in [0.717, 1.165) is 73.3 Å². The quantitative estimate of drug-likeness (QED) is 0.340. The maximum absolute atomic E-state index is 11.4. The molecule has 4 rings (SSSR count). The van der Waals surface area contributed by atoms with Gasteiger partial charge in [0, 0.05) is 49.1 Å². The van der Waals surface area contributed by atoms with Gasteiger partial charge in [0.15, 0.2) is 0 Å². The van der Waals surface area contributed by atoms with Crippen LogP contribution >= 0.6 is 0 Å². The van der Waals surface area contributed by atoms with Crippen LogP contribution in [0.15, 0.2) is 60.7 Å². The second-order valence-corrected chi connectivity index (χ2v) is 7.78. The molecule has 2 N–H and O–H groups in total. The van der Waals surface area contributed by atoms with E-state index < -0.39 is 5.91 Å². The number of ether oxygens (including phenoxy) is 1. The molecule has 0 saturated carbocycles. The standard InChI is InChI=1S/C25H28N4O3/c1-19-24(21-7-3-2-4-8-21)26-25(29(19)13-12-28-14-16-32-17-15-28)22-9-5-6-20(18-22)10-11-23(30)27-31/h2-11,18,31H,12-17H2,1H3,(H,27,30). The number of rotatable bonds is 7. The minimum atomic E-state index is -0.565. The summed E-state index contributed by atoms with van der Waals surface area (Å²) in [7, 11) is 0. The zero-order chi connectivity index (χ0) is 22.3. The molecular formula is C25H28N4O3. The minimum Gasteiger partial charge on any atom is -0.379 e. The van der Waals surface area contributed by atoms with Crippen LogP contribution < -0.4 is 5.48 Å². The number of hydroxylamine groups is 1. The maximum atomic E-state index is 11.4. The maximum Gasteiger partial charge on any atom is 0.267 e. The second-order valence-electron chi connectivity index (χ2n) is 7.78. The lowest BCUT2D eigenvalue weighted by Crippen LogP contribution is -2.38. The van der Waals surface area contributed by atoms with E-state index in [1.54, 1.807) is 11.6 Å². The molecule has 0 atom stereocenters. The van der Waals surface area contributed by atoms with Crippen molar-refractivity contribution in [1.29, 1.82) is 0 Å². The fourth-order valence-corrected chi connectivity index (χ4v) is 3.95. The van der Waals surface area contributed by atoms with E-state index in [1.807, 2.05) is 42.5 Å². The highest BCUT2D eigenvalue weighted by Gasteiger charge is 2.18. The average molecular weight is 433 g/mol. The van der Waals surface area contributed by atoms with E-state index in [1.165, 1.54) is 6.08 Å². The molecule has 0 unspecified atom stereocenters. The van der Waals surface area contributed by atoms with Crippen molar-refractivity contribution in [3.8, 4) is 22.6 Å². The van der Waals surface area contributed by atoms with Gasteiger partial charge in [-0.2, -0.15) is 0 Å². The molecule has 1 aromatic heterocycles. The highest BCUT2D eigenvalue weighted by Crippen LogP contribution is 2.29. The highest BCUT2D eigenvalue weighted by atomic mass is 16.5. The Labute approximate surface area is 187 Å². The monoisotopic (exact) mass is 432 g/mol. The Balaban J connectivity index is 1.69. The number of hydrogen-bond acceptors (Lipinski definition) is 5. The van der Waals surface area contributed by atoms with Gasteiger partial charge in [0.05, 0.1) is 18.9 Å². The third kappa shape index (κ3) is 5.13. The number of amides is 1. The number of benzene rings is 2. The topological polar surface area (TPSA) is 79.6 Å². The molecule has 0 aliphatic carbocycles. The average Bonchev–Trinajstić information content (AvgIpc) is 3.18. The first kappa shape index (κ1) is 22.0. The number of hydrogen-bond donors (Lipinski definition) is 2. The summed E-state index contributed by atoms with van der Waals surface area (Å²) in [5.41, 5.74) is 6.63. The van der Waals surface area contributed by atoms with Crippen LogP contribution in [0.3, 0.4) is 0 Å². The molecule has 1 aliphatic rings. The number of aromatic nitrogens is 2. The first-order valence-electron chi connectivity index (χ1n) is 10.8. The number of nitrogens with zero attached hydrogens (tertiary/aromatic N) is 3. The van der Waals surface area contributed by atoms with Crippen molar-refractivity contribution in [2.24, 2.45) is 0 Å². The zero-order valence-corrected chi connectivity index (χ0v) is 18.2. The minimum absolute atomic E-state index is 0.565. The van der Waals surface area contributed by atoms with Crippen LogP contribution in [-0.4, -0.2) is 58.4 Å². The third-order valence-corrected chi connectivity index (χ3v) is 5.69. The van der Waals surface area contributed by atoms with Gasteiger partial charge < -0.3 is 9.30 Å². The normalized spacial score (nSPS) is 14.7. The smallest absolute Gasteiger partial charge is 0.267 e. The molecule has 1 fully saturated rings. The first-order chi connectivity index (χ1) is 15.7. The Morgan fingerprint density at radius 3 is 2.59 bits per heavy atom. The summed E-state index contributed by atoms with van der Waals surface area (Å²) in [4.78, 5) is 18.8. The fraction of sp³-hybridized carbons (Fsp3) is 0.280. The van der Waals surface area contributed by atoms with Crippen molar-refractivity contribution in [3.05, 3.63) is 71.9 Å². The number of imidazole rings is 1. The summed E-state index contributed by atoms with van der Waals surface area (Å²) in [5.74, 6) is 0.334. The van der Waals surface area contributed by atoms with Gasteiger partial charge >= 0.3 is 0 Å². The van der Waals surface area contributed by atoms with Gasteiger partial charge in [-0.05, 0) is 24.6 Å². The van der Waals surface area contributed by atoms with E-state index in [2.05, 4.69) is 28.5 Å². The lowest BCUT2D eigenvalue weighted by Gasteiger charge is -2.27. The van der Waals surface area contributed by atoms with Crippen molar-refractivity contribution in [2.75, 3.05) is 32.8 Å². The summed E-state index contributed by atoms with van der Waals surface area (Å²) in [6.07, 6.45) is 2.96. The highest BCUT2D eigenvalue weighted by molar-refractivity contribution is 5.91. The summed E-state index contributed by atoms with van der Waals surface area (Å²) in [6, 6.07) is 18.1. The van der Waals surface area contributed by atoms with Gasteiger partial charge in [-0.3, -0.25) is 14.9 Å². The predicted octanol–water partition coefficient (Wildman–Crippen LogP) is 3.38. The molecule has 0 bridgehead atoms. The lowest BCUT2D eigenvalue weighted by molar-refractivity contribution is -0.124. The molecule has 3 aromatic rings. The molecule has 2 aromatic carbocycles. The summed E-state index contributed by atoms with van der Waals surface area (Å²) >= 11 is 0. The van der Waals surface area contributed by atoms with Crippen LogP contribution in [0, 0.1) is 6.92 Å². The lowest BCUT2D eigenvalue weighted by atomic mass is 10.1. The van der Waals surface area contributed by atoms with E-state index >= 15 is 0 Å². The van der Waals surface area contributed by atoms with Crippen LogP contribution in [0.5, 0.6) is 0 Å². The molecule has 1 amide bonds. The van der Waals surface area contributed by atoms with Crippen molar-refractivity contribution < 1.29 is 14.7 Å². The largest absolute Gasteiger partial charge is 0.379 e. The van der Waals surface area contributed by atoms with Crippen molar-refractivity contribution in [2.45, 2.75) is 13.5 Å². The van der Waals surface area contributed by atoms with Gasteiger partial charge in [0.25, 0.3) is 5.91 Å². The molecular weight excluding hydrogens is 404 g/mol. The Morgan fingerprint density at radius 1 is 1.09 bits per heavy atom. The number of nitrogens with one attached hydrogen (secondary N) is 1. The first-order valence-corrected chi connectivity index (χ1v) is 10.8. The summed E-state index contributed by atoms with van der Waals surface area (Å²) in [6.45, 7) is 7.32. The van der Waals surface area contributed by atoms with Gasteiger partial charge in [-0.1, -0.05) is 48.5 Å². The zero-order valence-electron chi connectivity index (χ0n) is 18.2. The molecule has 1 aliphatic heterocycles. The SMILES string of the molecule is Cc1c(-c2ccccc2)nc(-c2cccc(C=CC(=O)NO)c2)n1CCN1CCOCC1. The van der Waals surface area contributed by atoms with Crippen LogP contribution in [-0.2, 0) is 16.1 Å². The van der Waals surface area contributed by atoms with Gasteiger partial charge in [-0.15, -0.1) is 0 Å². The second kappa shape index (κ2) is 10.4. The predicted molar refractivity (Wildman–Crippen MR) is 124 cm³/mol. The molecule has 7 heteroatoms. The van der Waals surface area contributed by atoms with Crippen LogP contribution in [0.1, 0.15) is 11.3 Å². The van der Waals surface area contributed by atoms with Crippen LogP contribution in [0.4, 0.5) is 0 Å². The van der Waals surface area contributed by atoms with Crippen molar-refractivity contribution >= 4 is 12.0 Å². The molecule has 0 radical (unpaired) electrons. The third-order valence-electron chi connectivity index (χ3n) is 5.69. The molecule has 1 saturated heterocycles. The Bertz CT molecular complexity index is 1090. The van der Waals surface area contributed by atoms with E-state index in [4.69, 9.17) is 14.9 Å². The number of carbonyl (C=O) groups excluding carboxylic acids is 1. The number of morpholine rings is 1. The number of carbonyl (C=O) groups is 1. The Morgan fingerprint density at radius 2 is 1.84 bits per heavy atom. The molecule has 7 nitrogen and oxygen atoms in total. The van der Waals surface area contributed by atoms with Crippen LogP contribution in [0.2, 0.25) is 0 Å². The van der Waals surface area contributed by atoms with E-state index in [9.17, 15) is 4.79 Å². The van der Waals surface area contributed by atoms with Gasteiger partial charge in [0.1, 0.15) is 5.82 Å². The molecule has 166 valence electrons. The molecule has 2 heterocycles. The summed E-state index contributed by atoms with van der Waals surface area (Å²) < 4.78 is 7.76. The van der Waals surface area contributed by atoms with Gasteiger partial charge in [-0.25, -0.2) is 10.5 Å². The van der Waals surface area contributed by atoms with E-state index in [-0.39, 0.29) is 0 Å². The van der Waals surface area contributed by atoms with Crippen molar-refractivity contribution in [3.63, 3.8) is 0 Å². The molecule has 32 heavy (non-hydrogen) atoms. The van der Waals surface area contributed by atoms with Gasteiger partial charge in [0.2, 0.25) is 0 Å². The van der Waals surface area contributed by atoms with Crippen LogP contribution in [0.25, 0.3) is 28.7 Å². The van der Waals surface area contributed by atoms with E-state index in [0.29, 0.717) is 0 Å².